The number of carbonyl (C=O) groups is 1. The highest BCUT2D eigenvalue weighted by molar-refractivity contribution is 5.84. The Labute approximate surface area is 117 Å². The topological polar surface area (TPSA) is 58.4 Å². The van der Waals surface area contributed by atoms with E-state index in [9.17, 15) is 18.0 Å². The van der Waals surface area contributed by atoms with Gasteiger partial charge in [-0.1, -0.05) is 0 Å². The Balaban J connectivity index is 2.40. The van der Waals surface area contributed by atoms with Crippen LogP contribution in [0.15, 0.2) is 0 Å². The molecule has 7 heteroatoms. The van der Waals surface area contributed by atoms with Gasteiger partial charge < -0.3 is 16.0 Å². The van der Waals surface area contributed by atoms with Gasteiger partial charge in [-0.05, 0) is 52.7 Å². The van der Waals surface area contributed by atoms with Crippen LogP contribution in [-0.4, -0.2) is 49.2 Å². The summed E-state index contributed by atoms with van der Waals surface area (Å²) in [6.45, 7) is 3.04. The third-order valence-electron chi connectivity index (χ3n) is 4.22. The average molecular weight is 295 g/mol. The molecule has 2 unspecified atom stereocenters. The van der Waals surface area contributed by atoms with E-state index in [1.165, 1.54) is 0 Å². The fourth-order valence-corrected chi connectivity index (χ4v) is 2.55. The maximum Gasteiger partial charge on any atom is 0.393 e. The molecule has 3 N–H and O–H groups in total. The molecule has 0 aromatic carbocycles. The van der Waals surface area contributed by atoms with Crippen molar-refractivity contribution in [1.82, 2.24) is 10.2 Å². The molecule has 4 nitrogen and oxygen atoms in total. The van der Waals surface area contributed by atoms with E-state index in [2.05, 4.69) is 5.32 Å². The van der Waals surface area contributed by atoms with Crippen LogP contribution in [0.25, 0.3) is 0 Å². The predicted molar refractivity (Wildman–Crippen MR) is 71.1 cm³/mol. The van der Waals surface area contributed by atoms with Gasteiger partial charge in [0.05, 0.1) is 11.5 Å². The third kappa shape index (κ3) is 4.63. The van der Waals surface area contributed by atoms with E-state index in [0.29, 0.717) is 32.4 Å². The molecular formula is C13H24F3N3O. The molecule has 0 aromatic rings. The summed E-state index contributed by atoms with van der Waals surface area (Å²) in [5.41, 5.74) is 4.52. The van der Waals surface area contributed by atoms with E-state index in [0.717, 1.165) is 0 Å². The summed E-state index contributed by atoms with van der Waals surface area (Å²) in [6.07, 6.45) is -2.15. The van der Waals surface area contributed by atoms with Gasteiger partial charge in [-0.25, -0.2) is 0 Å². The van der Waals surface area contributed by atoms with Gasteiger partial charge in [-0.15, -0.1) is 0 Å². The molecule has 1 fully saturated rings. The van der Waals surface area contributed by atoms with Crippen molar-refractivity contribution in [1.29, 1.82) is 0 Å². The molecule has 1 saturated heterocycles. The fraction of sp³-hybridized carbons (Fsp3) is 0.923. The Hall–Kier alpha value is -0.820. The van der Waals surface area contributed by atoms with Crippen molar-refractivity contribution in [2.75, 3.05) is 26.7 Å². The number of nitrogens with zero attached hydrogens (tertiary/aromatic N) is 1. The molecule has 20 heavy (non-hydrogen) atoms. The summed E-state index contributed by atoms with van der Waals surface area (Å²) in [7, 11) is 1.66. The Morgan fingerprint density at radius 3 is 2.60 bits per heavy atom. The summed E-state index contributed by atoms with van der Waals surface area (Å²) >= 11 is 0. The molecular weight excluding hydrogens is 271 g/mol. The molecule has 0 saturated carbocycles. The van der Waals surface area contributed by atoms with Gasteiger partial charge in [-0.3, -0.25) is 4.79 Å². The Kier molecular flexibility index (Phi) is 5.82. The second kappa shape index (κ2) is 6.76. The number of halogens is 3. The normalized spacial score (nSPS) is 24.4. The molecule has 1 rings (SSSR count). The van der Waals surface area contributed by atoms with Crippen molar-refractivity contribution in [3.63, 3.8) is 0 Å². The SMILES string of the molecule is CNC(C)(CCCN1CCCC(C(F)(F)F)C1)C(N)=O. The van der Waals surface area contributed by atoms with Gasteiger partial charge in [0.25, 0.3) is 0 Å². The van der Waals surface area contributed by atoms with Crippen molar-refractivity contribution < 1.29 is 18.0 Å². The van der Waals surface area contributed by atoms with Gasteiger partial charge >= 0.3 is 6.18 Å². The standard InChI is InChI=1S/C13H24F3N3O/c1-12(18-2,11(17)20)6-4-8-19-7-3-5-10(9-19)13(14,15)16/h10,18H,3-9H2,1-2H3,(H2,17,20). The number of likely N-dealkylation sites (tertiary alicyclic amines) is 1. The first-order valence-electron chi connectivity index (χ1n) is 6.97. The maximum absolute atomic E-state index is 12.7. The number of hydrogen-bond donors (Lipinski definition) is 2. The zero-order valence-corrected chi connectivity index (χ0v) is 12.1. The monoisotopic (exact) mass is 295 g/mol. The number of amides is 1. The van der Waals surface area contributed by atoms with Crippen molar-refractivity contribution in [2.24, 2.45) is 11.7 Å². The lowest BCUT2D eigenvalue weighted by molar-refractivity contribution is -0.186. The minimum absolute atomic E-state index is 0.0658. The molecule has 0 bridgehead atoms. The molecule has 2 atom stereocenters. The smallest absolute Gasteiger partial charge is 0.368 e. The van der Waals surface area contributed by atoms with Crippen LogP contribution in [-0.2, 0) is 4.79 Å². The van der Waals surface area contributed by atoms with Gasteiger partial charge in [-0.2, -0.15) is 13.2 Å². The summed E-state index contributed by atoms with van der Waals surface area (Å²) in [4.78, 5) is 13.1. The van der Waals surface area contributed by atoms with Crippen molar-refractivity contribution in [2.45, 2.75) is 44.3 Å². The predicted octanol–water partition coefficient (Wildman–Crippen LogP) is 1.50. The van der Waals surface area contributed by atoms with E-state index in [1.807, 2.05) is 4.90 Å². The third-order valence-corrected chi connectivity index (χ3v) is 4.22. The molecule has 1 amide bonds. The summed E-state index contributed by atoms with van der Waals surface area (Å²) in [6, 6.07) is 0. The number of rotatable bonds is 6. The van der Waals surface area contributed by atoms with Gasteiger partial charge in [0, 0.05) is 6.54 Å². The lowest BCUT2D eigenvalue weighted by atomic mass is 9.94. The summed E-state index contributed by atoms with van der Waals surface area (Å²) in [5.74, 6) is -1.66. The Bertz CT molecular complexity index is 335. The van der Waals surface area contributed by atoms with Crippen LogP contribution in [0.5, 0.6) is 0 Å². The lowest BCUT2D eigenvalue weighted by Gasteiger charge is -2.34. The van der Waals surface area contributed by atoms with Crippen molar-refractivity contribution in [3.8, 4) is 0 Å². The molecule has 0 aliphatic carbocycles. The highest BCUT2D eigenvalue weighted by Gasteiger charge is 2.41. The van der Waals surface area contributed by atoms with E-state index in [1.54, 1.807) is 14.0 Å². The van der Waals surface area contributed by atoms with Crippen LogP contribution in [0.3, 0.4) is 0 Å². The lowest BCUT2D eigenvalue weighted by Crippen LogP contribution is -2.52. The molecule has 1 heterocycles. The molecule has 1 aliphatic heterocycles. The van der Waals surface area contributed by atoms with E-state index >= 15 is 0 Å². The first-order chi connectivity index (χ1) is 9.19. The van der Waals surface area contributed by atoms with Gasteiger partial charge in [0.1, 0.15) is 0 Å². The van der Waals surface area contributed by atoms with Gasteiger partial charge in [0.15, 0.2) is 0 Å². The van der Waals surface area contributed by atoms with Crippen LogP contribution in [0.4, 0.5) is 13.2 Å². The number of nitrogens with two attached hydrogens (primary N) is 1. The number of nitrogens with one attached hydrogen (secondary N) is 1. The number of likely N-dealkylation sites (N-methyl/N-ethyl adjacent to an activating group) is 1. The first kappa shape index (κ1) is 17.2. The molecule has 1 aliphatic rings. The van der Waals surface area contributed by atoms with Crippen molar-refractivity contribution in [3.05, 3.63) is 0 Å². The minimum Gasteiger partial charge on any atom is -0.368 e. The minimum atomic E-state index is -4.11. The largest absolute Gasteiger partial charge is 0.393 e. The zero-order chi connectivity index (χ0) is 15.4. The van der Waals surface area contributed by atoms with E-state index in [4.69, 9.17) is 5.73 Å². The number of piperidine rings is 1. The summed E-state index contributed by atoms with van der Waals surface area (Å²) < 4.78 is 38.1. The second-order valence-electron chi connectivity index (χ2n) is 5.73. The van der Waals surface area contributed by atoms with Crippen LogP contribution in [0.2, 0.25) is 0 Å². The quantitative estimate of drug-likeness (QED) is 0.781. The number of carbonyl (C=O) groups excluding carboxylic acids is 1. The molecule has 0 radical (unpaired) electrons. The number of hydrogen-bond acceptors (Lipinski definition) is 3. The second-order valence-corrected chi connectivity index (χ2v) is 5.73. The Morgan fingerprint density at radius 2 is 2.10 bits per heavy atom. The molecule has 0 aromatic heterocycles. The first-order valence-corrected chi connectivity index (χ1v) is 6.97. The summed E-state index contributed by atoms with van der Waals surface area (Å²) in [5, 5.41) is 2.88. The van der Waals surface area contributed by atoms with E-state index in [-0.39, 0.29) is 13.0 Å². The maximum atomic E-state index is 12.7. The zero-order valence-electron chi connectivity index (χ0n) is 12.1. The van der Waals surface area contributed by atoms with Crippen LogP contribution in [0.1, 0.15) is 32.6 Å². The Morgan fingerprint density at radius 1 is 1.45 bits per heavy atom. The van der Waals surface area contributed by atoms with Gasteiger partial charge in [0.2, 0.25) is 5.91 Å². The molecule has 118 valence electrons. The van der Waals surface area contributed by atoms with Crippen LogP contribution >= 0.6 is 0 Å². The van der Waals surface area contributed by atoms with Crippen LogP contribution < -0.4 is 11.1 Å². The number of primary amides is 1. The van der Waals surface area contributed by atoms with Crippen molar-refractivity contribution >= 4 is 5.91 Å². The van der Waals surface area contributed by atoms with Crippen LogP contribution in [0, 0.1) is 5.92 Å². The fourth-order valence-electron chi connectivity index (χ4n) is 2.55. The molecule has 0 spiro atoms. The highest BCUT2D eigenvalue weighted by Crippen LogP contribution is 2.33. The number of alkyl halides is 3. The average Bonchev–Trinajstić information content (AvgIpc) is 2.37. The highest BCUT2D eigenvalue weighted by atomic mass is 19.4. The van der Waals surface area contributed by atoms with E-state index < -0.39 is 23.5 Å².